The standard InChI is InChI=1S/C9H19N3Si/c1-5-6-9-7-12(11-10-9)8-13(2,3)4/h7H,5-6,8H2,1-4H3. The van der Waals surface area contributed by atoms with Crippen LogP contribution in [0.2, 0.25) is 19.6 Å². The molecule has 0 atom stereocenters. The number of aryl methyl sites for hydroxylation is 1. The molecule has 0 bridgehead atoms. The summed E-state index contributed by atoms with van der Waals surface area (Å²) in [6, 6.07) is 0. The third kappa shape index (κ3) is 3.72. The molecule has 0 amide bonds. The number of nitrogens with zero attached hydrogens (tertiary/aromatic N) is 3. The monoisotopic (exact) mass is 197 g/mol. The van der Waals surface area contributed by atoms with E-state index in [-0.39, 0.29) is 0 Å². The van der Waals surface area contributed by atoms with Crippen LogP contribution in [0.5, 0.6) is 0 Å². The maximum absolute atomic E-state index is 4.13. The largest absolute Gasteiger partial charge is 0.255 e. The second-order valence-electron chi connectivity index (χ2n) is 4.72. The Labute approximate surface area is 81.2 Å². The van der Waals surface area contributed by atoms with Gasteiger partial charge < -0.3 is 0 Å². The Balaban J connectivity index is 2.59. The molecule has 0 saturated carbocycles. The summed E-state index contributed by atoms with van der Waals surface area (Å²) in [4.78, 5) is 0. The van der Waals surface area contributed by atoms with Crippen LogP contribution in [-0.4, -0.2) is 23.1 Å². The Hall–Kier alpha value is -0.643. The fourth-order valence-electron chi connectivity index (χ4n) is 1.27. The molecule has 0 saturated heterocycles. The highest BCUT2D eigenvalue weighted by molar-refractivity contribution is 6.74. The second-order valence-corrected chi connectivity index (χ2v) is 10.2. The fraction of sp³-hybridized carbons (Fsp3) is 0.778. The van der Waals surface area contributed by atoms with Gasteiger partial charge in [-0.2, -0.15) is 0 Å². The van der Waals surface area contributed by atoms with Crippen LogP contribution < -0.4 is 0 Å². The van der Waals surface area contributed by atoms with E-state index in [9.17, 15) is 0 Å². The molecule has 0 spiro atoms. The van der Waals surface area contributed by atoms with Crippen molar-refractivity contribution in [2.75, 3.05) is 0 Å². The Kier molecular flexibility index (Phi) is 3.25. The van der Waals surface area contributed by atoms with Gasteiger partial charge in [0, 0.05) is 12.4 Å². The molecule has 0 fully saturated rings. The maximum Gasteiger partial charge on any atom is 0.0826 e. The second kappa shape index (κ2) is 4.04. The highest BCUT2D eigenvalue weighted by atomic mass is 28.3. The van der Waals surface area contributed by atoms with Gasteiger partial charge in [0.1, 0.15) is 0 Å². The SMILES string of the molecule is CCCc1cn(C[Si](C)(C)C)nn1. The minimum absolute atomic E-state index is 1.05. The average molecular weight is 197 g/mol. The van der Waals surface area contributed by atoms with E-state index in [1.165, 1.54) is 0 Å². The van der Waals surface area contributed by atoms with Crippen molar-refractivity contribution in [1.29, 1.82) is 0 Å². The fourth-order valence-corrected chi connectivity index (χ4v) is 2.40. The third-order valence-electron chi connectivity index (χ3n) is 1.73. The van der Waals surface area contributed by atoms with Crippen LogP contribution in [0, 0.1) is 0 Å². The quantitative estimate of drug-likeness (QED) is 0.692. The first kappa shape index (κ1) is 10.4. The van der Waals surface area contributed by atoms with E-state index in [1.54, 1.807) is 0 Å². The van der Waals surface area contributed by atoms with Crippen LogP contribution in [-0.2, 0) is 12.6 Å². The molecule has 0 radical (unpaired) electrons. The molecule has 74 valence electrons. The van der Waals surface area contributed by atoms with E-state index in [0.717, 1.165) is 24.7 Å². The Morgan fingerprint density at radius 1 is 1.38 bits per heavy atom. The molecule has 1 heterocycles. The number of hydrogen-bond donors (Lipinski definition) is 0. The molecule has 1 aromatic rings. The molecule has 13 heavy (non-hydrogen) atoms. The zero-order valence-electron chi connectivity index (χ0n) is 9.04. The third-order valence-corrected chi connectivity index (χ3v) is 3.00. The van der Waals surface area contributed by atoms with Crippen LogP contribution in [0.3, 0.4) is 0 Å². The van der Waals surface area contributed by atoms with Crippen molar-refractivity contribution in [2.24, 2.45) is 0 Å². The molecule has 0 unspecified atom stereocenters. The first-order valence-electron chi connectivity index (χ1n) is 4.90. The van der Waals surface area contributed by atoms with Crippen molar-refractivity contribution in [3.05, 3.63) is 11.9 Å². The lowest BCUT2D eigenvalue weighted by molar-refractivity contribution is 0.680. The first-order valence-corrected chi connectivity index (χ1v) is 8.61. The van der Waals surface area contributed by atoms with Crippen LogP contribution in [0.1, 0.15) is 19.0 Å². The van der Waals surface area contributed by atoms with Gasteiger partial charge in [-0.1, -0.05) is 38.2 Å². The molecule has 1 aromatic heterocycles. The van der Waals surface area contributed by atoms with Crippen molar-refractivity contribution in [3.8, 4) is 0 Å². The van der Waals surface area contributed by atoms with Gasteiger partial charge >= 0.3 is 0 Å². The molecule has 0 aliphatic carbocycles. The van der Waals surface area contributed by atoms with Gasteiger partial charge in [-0.3, -0.25) is 4.68 Å². The summed E-state index contributed by atoms with van der Waals surface area (Å²) in [6.07, 6.45) is 5.35. The van der Waals surface area contributed by atoms with E-state index >= 15 is 0 Å². The normalized spacial score (nSPS) is 12.0. The van der Waals surface area contributed by atoms with E-state index < -0.39 is 8.07 Å². The molecular weight excluding hydrogens is 178 g/mol. The molecule has 1 rings (SSSR count). The first-order chi connectivity index (χ1) is 6.01. The highest BCUT2D eigenvalue weighted by Crippen LogP contribution is 2.05. The molecule has 0 aromatic carbocycles. The highest BCUT2D eigenvalue weighted by Gasteiger charge is 2.14. The maximum atomic E-state index is 4.13. The summed E-state index contributed by atoms with van der Waals surface area (Å²) in [7, 11) is -1.05. The molecule has 3 nitrogen and oxygen atoms in total. The molecule has 0 aliphatic rings. The van der Waals surface area contributed by atoms with Gasteiger partial charge in [0.25, 0.3) is 0 Å². The smallest absolute Gasteiger partial charge is 0.0826 e. The van der Waals surface area contributed by atoms with Crippen molar-refractivity contribution in [3.63, 3.8) is 0 Å². The van der Waals surface area contributed by atoms with Crippen LogP contribution >= 0.6 is 0 Å². The van der Waals surface area contributed by atoms with E-state index in [0.29, 0.717) is 0 Å². The number of hydrogen-bond acceptors (Lipinski definition) is 2. The summed E-state index contributed by atoms with van der Waals surface area (Å²) in [6.45, 7) is 9.19. The predicted molar refractivity (Wildman–Crippen MR) is 57.4 cm³/mol. The summed E-state index contributed by atoms with van der Waals surface area (Å²) in [5.41, 5.74) is 1.13. The van der Waals surface area contributed by atoms with Crippen LogP contribution in [0.4, 0.5) is 0 Å². The lowest BCUT2D eigenvalue weighted by Gasteiger charge is -2.14. The molecule has 0 aliphatic heterocycles. The summed E-state index contributed by atoms with van der Waals surface area (Å²) >= 11 is 0. The number of aromatic nitrogens is 3. The zero-order valence-corrected chi connectivity index (χ0v) is 10.0. The molecular formula is C9H19N3Si. The van der Waals surface area contributed by atoms with Gasteiger partial charge in [0.05, 0.1) is 13.8 Å². The molecule has 4 heteroatoms. The number of rotatable bonds is 4. The Morgan fingerprint density at radius 3 is 2.62 bits per heavy atom. The lowest BCUT2D eigenvalue weighted by atomic mass is 10.3. The van der Waals surface area contributed by atoms with Crippen molar-refractivity contribution in [1.82, 2.24) is 15.0 Å². The summed E-state index contributed by atoms with van der Waals surface area (Å²) in [5, 5.41) is 8.25. The van der Waals surface area contributed by atoms with E-state index in [4.69, 9.17) is 0 Å². The van der Waals surface area contributed by atoms with Gasteiger partial charge in [-0.05, 0) is 6.42 Å². The minimum atomic E-state index is -1.05. The van der Waals surface area contributed by atoms with Crippen LogP contribution in [0.25, 0.3) is 0 Å². The summed E-state index contributed by atoms with van der Waals surface area (Å²) < 4.78 is 2.00. The van der Waals surface area contributed by atoms with Gasteiger partial charge in [-0.25, -0.2) is 0 Å². The van der Waals surface area contributed by atoms with E-state index in [1.807, 2.05) is 4.68 Å². The van der Waals surface area contributed by atoms with E-state index in [2.05, 4.69) is 43.1 Å². The Bertz CT molecular complexity index is 262. The minimum Gasteiger partial charge on any atom is -0.255 e. The average Bonchev–Trinajstić information content (AvgIpc) is 2.33. The van der Waals surface area contributed by atoms with Crippen molar-refractivity contribution < 1.29 is 0 Å². The summed E-state index contributed by atoms with van der Waals surface area (Å²) in [5.74, 6) is 0. The van der Waals surface area contributed by atoms with Gasteiger partial charge in [0.15, 0.2) is 0 Å². The zero-order chi connectivity index (χ0) is 9.90. The van der Waals surface area contributed by atoms with Crippen molar-refractivity contribution >= 4 is 8.07 Å². The van der Waals surface area contributed by atoms with Gasteiger partial charge in [-0.15, -0.1) is 5.10 Å². The lowest BCUT2D eigenvalue weighted by Crippen LogP contribution is -2.28. The van der Waals surface area contributed by atoms with Crippen LogP contribution in [0.15, 0.2) is 6.20 Å². The predicted octanol–water partition coefficient (Wildman–Crippen LogP) is 2.11. The van der Waals surface area contributed by atoms with Crippen molar-refractivity contribution in [2.45, 2.75) is 45.6 Å². The topological polar surface area (TPSA) is 30.7 Å². The van der Waals surface area contributed by atoms with Gasteiger partial charge in [0.2, 0.25) is 0 Å². The Morgan fingerprint density at radius 2 is 2.08 bits per heavy atom. The molecule has 0 N–H and O–H groups in total.